The van der Waals surface area contributed by atoms with Crippen molar-refractivity contribution < 1.29 is 0 Å². The van der Waals surface area contributed by atoms with Crippen LogP contribution >= 0.6 is 0 Å². The van der Waals surface area contributed by atoms with Crippen LogP contribution < -0.4 is 4.90 Å². The first kappa shape index (κ1) is 25.8. The van der Waals surface area contributed by atoms with Crippen molar-refractivity contribution in [3.63, 3.8) is 0 Å². The van der Waals surface area contributed by atoms with Crippen LogP contribution in [0.15, 0.2) is 164 Å². The zero-order chi connectivity index (χ0) is 30.0. The van der Waals surface area contributed by atoms with E-state index in [0.29, 0.717) is 0 Å². The van der Waals surface area contributed by atoms with Gasteiger partial charge in [0.05, 0.1) is 22.6 Å². The normalized spacial score (nSPS) is 18.6. The average molecular weight is 578 g/mol. The number of nitrogens with zero attached hydrogens (tertiary/aromatic N) is 3. The summed E-state index contributed by atoms with van der Waals surface area (Å²) in [6.45, 7) is 2.39. The van der Waals surface area contributed by atoms with Crippen LogP contribution in [0.25, 0.3) is 44.3 Å². The number of aromatic nitrogens is 2. The first-order valence-corrected chi connectivity index (χ1v) is 15.6. The van der Waals surface area contributed by atoms with Crippen LogP contribution in [-0.4, -0.2) is 15.6 Å². The predicted molar refractivity (Wildman–Crippen MR) is 187 cm³/mol. The van der Waals surface area contributed by atoms with E-state index in [2.05, 4.69) is 168 Å². The summed E-state index contributed by atoms with van der Waals surface area (Å²) in [5.74, 6) is 0. The largest absolute Gasteiger partial charge is 0.333 e. The molecule has 3 heterocycles. The summed E-state index contributed by atoms with van der Waals surface area (Å²) < 4.78 is 2.34. The summed E-state index contributed by atoms with van der Waals surface area (Å²) in [4.78, 5) is 7.44. The van der Waals surface area contributed by atoms with E-state index in [0.717, 1.165) is 16.7 Å². The Labute approximate surface area is 263 Å². The van der Waals surface area contributed by atoms with Gasteiger partial charge in [-0.3, -0.25) is 4.98 Å². The topological polar surface area (TPSA) is 21.1 Å². The number of para-hydroxylation sites is 2. The molecule has 5 aromatic carbocycles. The van der Waals surface area contributed by atoms with Crippen LogP contribution in [0.3, 0.4) is 0 Å². The highest BCUT2D eigenvalue weighted by atomic mass is 15.2. The van der Waals surface area contributed by atoms with E-state index in [1.54, 1.807) is 0 Å². The third-order valence-corrected chi connectivity index (χ3v) is 9.68. The van der Waals surface area contributed by atoms with Gasteiger partial charge in [0.2, 0.25) is 0 Å². The number of fused-ring (bicyclic) bond motifs is 6. The second-order valence-electron chi connectivity index (χ2n) is 12.2. The Hall–Kier alpha value is -5.67. The van der Waals surface area contributed by atoms with Crippen molar-refractivity contribution in [1.82, 2.24) is 9.55 Å². The highest BCUT2D eigenvalue weighted by molar-refractivity contribution is 6.13. The van der Waals surface area contributed by atoms with Gasteiger partial charge in [0.1, 0.15) is 0 Å². The molecule has 3 nitrogen and oxygen atoms in total. The quantitative estimate of drug-likeness (QED) is 0.208. The molecule has 0 amide bonds. The SMILES string of the molecule is CC12C=C(c3cccc4c3c3ncccc3n4-c3ccccc3)C=CC1N(c1ccc(-c3ccccc3)cc1)c1ccccc12. The third kappa shape index (κ3) is 3.87. The number of hydrogen-bond acceptors (Lipinski definition) is 2. The Balaban J connectivity index is 1.19. The van der Waals surface area contributed by atoms with E-state index in [1.807, 2.05) is 12.3 Å². The van der Waals surface area contributed by atoms with E-state index in [4.69, 9.17) is 4.98 Å². The first-order chi connectivity index (χ1) is 22.2. The molecule has 2 atom stereocenters. The van der Waals surface area contributed by atoms with Gasteiger partial charge < -0.3 is 9.47 Å². The van der Waals surface area contributed by atoms with E-state index in [-0.39, 0.29) is 11.5 Å². The van der Waals surface area contributed by atoms with Gasteiger partial charge in [0.15, 0.2) is 0 Å². The van der Waals surface area contributed by atoms with Crippen LogP contribution in [0, 0.1) is 0 Å². The minimum Gasteiger partial charge on any atom is -0.333 e. The maximum atomic E-state index is 4.93. The van der Waals surface area contributed by atoms with Crippen molar-refractivity contribution in [2.45, 2.75) is 18.4 Å². The molecule has 9 rings (SSSR count). The lowest BCUT2D eigenvalue weighted by molar-refractivity contribution is 0.553. The Morgan fingerprint density at radius 3 is 2.16 bits per heavy atom. The second-order valence-corrected chi connectivity index (χ2v) is 12.2. The maximum Gasteiger partial charge on any atom is 0.0969 e. The molecular formula is C42H31N3. The highest BCUT2D eigenvalue weighted by Gasteiger charge is 2.47. The number of hydrogen-bond donors (Lipinski definition) is 0. The van der Waals surface area contributed by atoms with Gasteiger partial charge >= 0.3 is 0 Å². The molecule has 214 valence electrons. The van der Waals surface area contributed by atoms with Crippen molar-refractivity contribution >= 4 is 38.9 Å². The standard InChI is InChI=1S/C42H31N3/c1-42-28-31(34-16-10-19-37-40(34)41-38(20-11-27-43-41)44(37)32-14-6-3-7-15-32)23-26-39(42)45(36-18-9-8-17-35(36)42)33-24-21-30(22-25-33)29-12-4-2-5-13-29/h2-28,39H,1H3. The first-order valence-electron chi connectivity index (χ1n) is 15.6. The van der Waals surface area contributed by atoms with Crippen molar-refractivity contribution in [3.8, 4) is 16.8 Å². The molecule has 45 heavy (non-hydrogen) atoms. The van der Waals surface area contributed by atoms with Gasteiger partial charge in [0.25, 0.3) is 0 Å². The van der Waals surface area contributed by atoms with Crippen LogP contribution in [0.1, 0.15) is 18.1 Å². The number of benzene rings is 5. The lowest BCUT2D eigenvalue weighted by Gasteiger charge is -2.36. The Morgan fingerprint density at radius 1 is 0.622 bits per heavy atom. The third-order valence-electron chi connectivity index (χ3n) is 9.68. The van der Waals surface area contributed by atoms with Gasteiger partial charge in [-0.05, 0) is 83.3 Å². The van der Waals surface area contributed by atoms with Crippen molar-refractivity contribution in [3.05, 3.63) is 175 Å². The van der Waals surface area contributed by atoms with Crippen molar-refractivity contribution in [1.29, 1.82) is 0 Å². The molecule has 0 saturated heterocycles. The van der Waals surface area contributed by atoms with E-state index in [1.165, 1.54) is 50.1 Å². The minimum absolute atomic E-state index is 0.157. The van der Waals surface area contributed by atoms with Crippen LogP contribution in [0.2, 0.25) is 0 Å². The van der Waals surface area contributed by atoms with E-state index >= 15 is 0 Å². The molecule has 0 fully saturated rings. The zero-order valence-electron chi connectivity index (χ0n) is 25.0. The van der Waals surface area contributed by atoms with Crippen LogP contribution in [0.5, 0.6) is 0 Å². The molecule has 2 aromatic heterocycles. The van der Waals surface area contributed by atoms with Gasteiger partial charge in [-0.25, -0.2) is 0 Å². The summed E-state index contributed by atoms with van der Waals surface area (Å²) in [6, 6.07) is 50.1. The summed E-state index contributed by atoms with van der Waals surface area (Å²) in [7, 11) is 0. The molecule has 3 heteroatoms. The van der Waals surface area contributed by atoms with Gasteiger partial charge in [-0.15, -0.1) is 0 Å². The molecule has 1 aliphatic carbocycles. The zero-order valence-corrected chi connectivity index (χ0v) is 25.0. The van der Waals surface area contributed by atoms with Gasteiger partial charge in [0, 0.05) is 34.1 Å². The Morgan fingerprint density at radius 2 is 1.33 bits per heavy atom. The summed E-state index contributed by atoms with van der Waals surface area (Å²) in [5, 5.41) is 1.19. The van der Waals surface area contributed by atoms with Gasteiger partial charge in [-0.1, -0.05) is 109 Å². The number of pyridine rings is 1. The molecular weight excluding hydrogens is 546 g/mol. The maximum absolute atomic E-state index is 4.93. The number of rotatable bonds is 4. The monoisotopic (exact) mass is 577 g/mol. The minimum atomic E-state index is -0.216. The number of allylic oxidation sites excluding steroid dienone is 2. The molecule has 0 N–H and O–H groups in total. The fourth-order valence-electron chi connectivity index (χ4n) is 7.61. The number of anilines is 2. The van der Waals surface area contributed by atoms with Crippen molar-refractivity contribution in [2.24, 2.45) is 0 Å². The fourth-order valence-corrected chi connectivity index (χ4v) is 7.61. The van der Waals surface area contributed by atoms with E-state index < -0.39 is 0 Å². The summed E-state index contributed by atoms with van der Waals surface area (Å²) in [6.07, 6.45) is 9.14. The summed E-state index contributed by atoms with van der Waals surface area (Å²) in [5.41, 5.74) is 13.0. The average Bonchev–Trinajstić information content (AvgIpc) is 3.58. The molecule has 2 unspecified atom stereocenters. The lowest BCUT2D eigenvalue weighted by atomic mass is 9.73. The second kappa shape index (κ2) is 9.93. The summed E-state index contributed by atoms with van der Waals surface area (Å²) >= 11 is 0. The molecule has 0 radical (unpaired) electrons. The van der Waals surface area contributed by atoms with Crippen LogP contribution in [0.4, 0.5) is 11.4 Å². The van der Waals surface area contributed by atoms with Gasteiger partial charge in [-0.2, -0.15) is 0 Å². The fraction of sp³-hybridized carbons (Fsp3) is 0.0714. The highest BCUT2D eigenvalue weighted by Crippen LogP contribution is 2.53. The predicted octanol–water partition coefficient (Wildman–Crippen LogP) is 10.3. The lowest BCUT2D eigenvalue weighted by Crippen LogP contribution is -2.39. The van der Waals surface area contributed by atoms with E-state index in [9.17, 15) is 0 Å². The molecule has 1 aliphatic heterocycles. The Kier molecular flexibility index (Phi) is 5.69. The molecule has 2 aliphatic rings. The molecule has 7 aromatic rings. The molecule has 0 spiro atoms. The molecule has 0 saturated carbocycles. The van der Waals surface area contributed by atoms with Crippen LogP contribution in [-0.2, 0) is 5.41 Å². The Bertz CT molecular complexity index is 2280. The van der Waals surface area contributed by atoms with Crippen molar-refractivity contribution in [2.75, 3.05) is 4.90 Å². The smallest absolute Gasteiger partial charge is 0.0969 e. The molecule has 0 bridgehead atoms.